The van der Waals surface area contributed by atoms with Crippen LogP contribution >= 0.6 is 0 Å². The molecule has 0 aliphatic rings. The molecule has 0 aliphatic heterocycles. The molecule has 1 amide bonds. The number of hydrogen-bond acceptors (Lipinski definition) is 5. The van der Waals surface area contributed by atoms with Gasteiger partial charge in [0.15, 0.2) is 0 Å². The van der Waals surface area contributed by atoms with E-state index < -0.39 is 33.5 Å². The number of amides is 1. The number of nitro groups is 1. The van der Waals surface area contributed by atoms with Crippen molar-refractivity contribution in [2.75, 3.05) is 6.26 Å². The van der Waals surface area contributed by atoms with E-state index in [0.29, 0.717) is 11.1 Å². The Morgan fingerprint density at radius 2 is 2.04 bits per heavy atom. The monoisotopic (exact) mass is 342 g/mol. The van der Waals surface area contributed by atoms with Crippen molar-refractivity contribution in [3.05, 3.63) is 39.4 Å². The van der Waals surface area contributed by atoms with E-state index in [4.69, 9.17) is 4.74 Å². The molecule has 0 aromatic heterocycles. The molecule has 23 heavy (non-hydrogen) atoms. The molecule has 0 saturated heterocycles. The van der Waals surface area contributed by atoms with Crippen molar-refractivity contribution in [3.8, 4) is 0 Å². The van der Waals surface area contributed by atoms with Gasteiger partial charge in [0.05, 0.1) is 11.0 Å². The van der Waals surface area contributed by atoms with E-state index in [2.05, 4.69) is 5.32 Å². The highest BCUT2D eigenvalue weighted by atomic mass is 32.2. The average molecular weight is 342 g/mol. The smallest absolute Gasteiger partial charge is 0.408 e. The minimum absolute atomic E-state index is 0.0707. The molecular formula is C15H22N2O5S. The Labute approximate surface area is 138 Å². The molecule has 0 radical (unpaired) electrons. The molecule has 0 bridgehead atoms. The molecule has 1 rings (SSSR count). The number of benzene rings is 1. The minimum atomic E-state index is -1.16. The summed E-state index contributed by atoms with van der Waals surface area (Å²) >= 11 is 0. The van der Waals surface area contributed by atoms with E-state index in [-0.39, 0.29) is 11.4 Å². The fraction of sp³-hybridized carbons (Fsp3) is 0.533. The molecule has 1 aromatic rings. The van der Waals surface area contributed by atoms with E-state index in [0.717, 1.165) is 0 Å². The number of non-ortho nitro benzene ring substituents is 1. The van der Waals surface area contributed by atoms with Gasteiger partial charge < -0.3 is 10.1 Å². The Hall–Kier alpha value is -1.96. The van der Waals surface area contributed by atoms with Gasteiger partial charge in [-0.05, 0) is 44.9 Å². The number of rotatable bonds is 5. The van der Waals surface area contributed by atoms with Crippen LogP contribution in [0.25, 0.3) is 0 Å². The van der Waals surface area contributed by atoms with Gasteiger partial charge in [-0.15, -0.1) is 0 Å². The normalized spacial score (nSPS) is 14.0. The molecule has 0 fully saturated rings. The molecule has 2 atom stereocenters. The Morgan fingerprint density at radius 1 is 1.43 bits per heavy atom. The molecule has 1 aromatic carbocycles. The summed E-state index contributed by atoms with van der Waals surface area (Å²) in [5, 5.41) is 13.6. The van der Waals surface area contributed by atoms with Crippen molar-refractivity contribution in [2.45, 2.75) is 45.1 Å². The maximum absolute atomic E-state index is 11.8. The highest BCUT2D eigenvalue weighted by Gasteiger charge is 2.21. The lowest BCUT2D eigenvalue weighted by Crippen LogP contribution is -2.34. The molecule has 0 spiro atoms. The number of alkyl carbamates (subject to hydrolysis) is 1. The van der Waals surface area contributed by atoms with Gasteiger partial charge >= 0.3 is 6.09 Å². The number of nitrogens with zero attached hydrogens (tertiary/aromatic N) is 1. The first-order chi connectivity index (χ1) is 10.5. The Morgan fingerprint density at radius 3 is 2.52 bits per heavy atom. The summed E-state index contributed by atoms with van der Waals surface area (Å²) in [6.45, 7) is 7.02. The van der Waals surface area contributed by atoms with E-state index in [1.807, 2.05) is 0 Å². The third-order valence-electron chi connectivity index (χ3n) is 2.90. The number of nitrogens with one attached hydrogen (secondary N) is 1. The molecule has 1 N–H and O–H groups in total. The zero-order chi connectivity index (χ0) is 17.8. The van der Waals surface area contributed by atoms with Gasteiger partial charge in [-0.25, -0.2) is 4.79 Å². The Balaban J connectivity index is 3.02. The van der Waals surface area contributed by atoms with Gasteiger partial charge in [-0.1, -0.05) is 0 Å². The van der Waals surface area contributed by atoms with Crippen LogP contribution in [0.2, 0.25) is 0 Å². The summed E-state index contributed by atoms with van der Waals surface area (Å²) in [7, 11) is -1.16. The van der Waals surface area contributed by atoms with E-state index in [1.165, 1.54) is 18.4 Å². The summed E-state index contributed by atoms with van der Waals surface area (Å²) in [5.74, 6) is 0.178. The third kappa shape index (κ3) is 6.35. The molecule has 128 valence electrons. The van der Waals surface area contributed by atoms with E-state index in [1.54, 1.807) is 33.8 Å². The van der Waals surface area contributed by atoms with Gasteiger partial charge in [0.25, 0.3) is 5.69 Å². The maximum Gasteiger partial charge on any atom is 0.408 e. The van der Waals surface area contributed by atoms with Crippen molar-refractivity contribution < 1.29 is 18.7 Å². The molecule has 0 saturated carbocycles. The van der Waals surface area contributed by atoms with Crippen LogP contribution in [-0.2, 0) is 21.3 Å². The molecule has 0 aliphatic carbocycles. The van der Waals surface area contributed by atoms with Crippen LogP contribution < -0.4 is 5.32 Å². The fourth-order valence-electron chi connectivity index (χ4n) is 2.03. The number of nitro benzene ring substituents is 1. The summed E-state index contributed by atoms with van der Waals surface area (Å²) in [5.41, 5.74) is 0.562. The standard InChI is InChI=1S/C15H22N2O5S/c1-10(16-14(18)22-15(2,3)4)13-7-6-12(17(19)20)8-11(13)9-23(5)21/h6-8,10H,9H2,1-5H3,(H,16,18). The van der Waals surface area contributed by atoms with Crippen molar-refractivity contribution in [3.63, 3.8) is 0 Å². The second kappa shape index (κ2) is 7.54. The first kappa shape index (κ1) is 19.1. The number of carbonyl (C=O) groups is 1. The molecule has 7 nitrogen and oxygen atoms in total. The quantitative estimate of drug-likeness (QED) is 0.655. The van der Waals surface area contributed by atoms with Gasteiger partial charge in [-0.3, -0.25) is 14.3 Å². The topological polar surface area (TPSA) is 98.5 Å². The van der Waals surface area contributed by atoms with Crippen LogP contribution in [0.1, 0.15) is 44.9 Å². The van der Waals surface area contributed by atoms with Crippen LogP contribution in [-0.4, -0.2) is 27.1 Å². The zero-order valence-corrected chi connectivity index (χ0v) is 14.7. The molecule has 2 unspecified atom stereocenters. The second-order valence-corrected chi connectivity index (χ2v) is 7.66. The lowest BCUT2D eigenvalue weighted by Gasteiger charge is -2.23. The summed E-state index contributed by atoms with van der Waals surface area (Å²) in [6, 6.07) is 3.90. The average Bonchev–Trinajstić information content (AvgIpc) is 2.34. The lowest BCUT2D eigenvalue weighted by atomic mass is 10.0. The lowest BCUT2D eigenvalue weighted by molar-refractivity contribution is -0.384. The zero-order valence-electron chi connectivity index (χ0n) is 13.9. The van der Waals surface area contributed by atoms with Gasteiger partial charge in [0.2, 0.25) is 0 Å². The number of ether oxygens (including phenoxy) is 1. The maximum atomic E-state index is 11.8. The first-order valence-corrected chi connectivity index (χ1v) is 8.79. The van der Waals surface area contributed by atoms with Gasteiger partial charge in [0.1, 0.15) is 5.60 Å². The SMILES string of the molecule is CC(NC(=O)OC(C)(C)C)c1ccc([N+](=O)[O-])cc1CS(C)=O. The third-order valence-corrected chi connectivity index (χ3v) is 3.61. The van der Waals surface area contributed by atoms with Gasteiger partial charge in [-0.2, -0.15) is 0 Å². The predicted octanol–water partition coefficient (Wildman–Crippen LogP) is 3.06. The predicted molar refractivity (Wildman–Crippen MR) is 88.7 cm³/mol. The highest BCUT2D eigenvalue weighted by Crippen LogP contribution is 2.24. The van der Waals surface area contributed by atoms with Crippen LogP contribution in [0, 0.1) is 10.1 Å². The van der Waals surface area contributed by atoms with Crippen molar-refractivity contribution in [1.82, 2.24) is 5.32 Å². The molecule has 0 heterocycles. The number of carbonyl (C=O) groups excluding carboxylic acids is 1. The van der Waals surface area contributed by atoms with Crippen LogP contribution in [0.3, 0.4) is 0 Å². The Kier molecular flexibility index (Phi) is 6.26. The van der Waals surface area contributed by atoms with Crippen molar-refractivity contribution in [2.24, 2.45) is 0 Å². The Bertz CT molecular complexity index is 625. The van der Waals surface area contributed by atoms with Crippen LogP contribution in [0.5, 0.6) is 0 Å². The molecule has 8 heteroatoms. The second-order valence-electron chi connectivity index (χ2n) is 6.23. The largest absolute Gasteiger partial charge is 0.444 e. The summed E-state index contributed by atoms with van der Waals surface area (Å²) in [6.07, 6.45) is 0.945. The van der Waals surface area contributed by atoms with E-state index in [9.17, 15) is 19.1 Å². The van der Waals surface area contributed by atoms with E-state index >= 15 is 0 Å². The van der Waals surface area contributed by atoms with Crippen LogP contribution in [0.15, 0.2) is 18.2 Å². The van der Waals surface area contributed by atoms with Crippen molar-refractivity contribution >= 4 is 22.6 Å². The first-order valence-electron chi connectivity index (χ1n) is 7.06. The minimum Gasteiger partial charge on any atom is -0.444 e. The number of hydrogen-bond donors (Lipinski definition) is 1. The molecular weight excluding hydrogens is 320 g/mol. The van der Waals surface area contributed by atoms with Crippen molar-refractivity contribution in [1.29, 1.82) is 0 Å². The van der Waals surface area contributed by atoms with Crippen LogP contribution in [0.4, 0.5) is 10.5 Å². The summed E-state index contributed by atoms with van der Waals surface area (Å²) in [4.78, 5) is 22.2. The fourth-order valence-corrected chi connectivity index (χ4v) is 2.72. The van der Waals surface area contributed by atoms with Gasteiger partial charge in [0, 0.05) is 34.9 Å². The summed E-state index contributed by atoms with van der Waals surface area (Å²) < 4.78 is 16.7. The highest BCUT2D eigenvalue weighted by molar-refractivity contribution is 7.83.